The van der Waals surface area contributed by atoms with E-state index >= 15 is 0 Å². The zero-order chi connectivity index (χ0) is 26.0. The van der Waals surface area contributed by atoms with Crippen LogP contribution in [0.5, 0.6) is 11.5 Å². The molecule has 0 bridgehead atoms. The minimum Gasteiger partial charge on any atom is -0.507 e. The van der Waals surface area contributed by atoms with Gasteiger partial charge in [0.05, 0.1) is 36.4 Å². The van der Waals surface area contributed by atoms with Gasteiger partial charge in [-0.15, -0.1) is 0 Å². The summed E-state index contributed by atoms with van der Waals surface area (Å²) in [6.45, 7) is 0.0158. The SMILES string of the molecule is COc1ccc(C2/C(=C(/O)c3ccc(Cl)c(OC)c3)C(=O)C(=O)N2Cc2ccc(C(=O)O)cc2)cc1. The maximum Gasteiger partial charge on any atom is 0.335 e. The average molecular weight is 508 g/mol. The third kappa shape index (κ3) is 4.63. The van der Waals surface area contributed by atoms with Crippen LogP contribution in [0.3, 0.4) is 0 Å². The first-order valence-corrected chi connectivity index (χ1v) is 11.2. The highest BCUT2D eigenvalue weighted by Crippen LogP contribution is 2.41. The van der Waals surface area contributed by atoms with Gasteiger partial charge in [0, 0.05) is 12.1 Å². The molecule has 0 aromatic heterocycles. The molecule has 0 spiro atoms. The third-order valence-electron chi connectivity index (χ3n) is 5.95. The van der Waals surface area contributed by atoms with Crippen molar-refractivity contribution in [3.63, 3.8) is 0 Å². The smallest absolute Gasteiger partial charge is 0.335 e. The molecule has 0 radical (unpaired) electrons. The van der Waals surface area contributed by atoms with E-state index in [1.165, 1.54) is 49.5 Å². The molecule has 9 heteroatoms. The molecule has 1 amide bonds. The van der Waals surface area contributed by atoms with Gasteiger partial charge in [-0.25, -0.2) is 4.79 Å². The molecule has 184 valence electrons. The van der Waals surface area contributed by atoms with E-state index in [0.717, 1.165) is 0 Å². The lowest BCUT2D eigenvalue weighted by molar-refractivity contribution is -0.140. The molecule has 1 saturated heterocycles. The van der Waals surface area contributed by atoms with Crippen LogP contribution in [-0.2, 0) is 16.1 Å². The molecule has 4 rings (SSSR count). The molecule has 1 fully saturated rings. The second-order valence-corrected chi connectivity index (χ2v) is 8.46. The molecule has 1 heterocycles. The van der Waals surface area contributed by atoms with Crippen molar-refractivity contribution in [1.82, 2.24) is 4.90 Å². The number of nitrogens with zero attached hydrogens (tertiary/aromatic N) is 1. The Balaban J connectivity index is 1.83. The van der Waals surface area contributed by atoms with E-state index in [1.807, 2.05) is 0 Å². The highest BCUT2D eigenvalue weighted by Gasteiger charge is 2.46. The predicted molar refractivity (Wildman–Crippen MR) is 132 cm³/mol. The van der Waals surface area contributed by atoms with E-state index in [1.54, 1.807) is 36.4 Å². The minimum atomic E-state index is -1.07. The second-order valence-electron chi connectivity index (χ2n) is 8.05. The molecule has 0 saturated carbocycles. The van der Waals surface area contributed by atoms with Crippen LogP contribution in [0.4, 0.5) is 0 Å². The van der Waals surface area contributed by atoms with Crippen molar-refractivity contribution >= 4 is 35.0 Å². The number of carbonyl (C=O) groups excluding carboxylic acids is 2. The maximum absolute atomic E-state index is 13.2. The van der Waals surface area contributed by atoms with Crippen LogP contribution in [0.1, 0.15) is 33.1 Å². The number of aliphatic hydroxyl groups is 1. The summed E-state index contributed by atoms with van der Waals surface area (Å²) < 4.78 is 10.5. The fourth-order valence-electron chi connectivity index (χ4n) is 4.09. The number of carbonyl (C=O) groups is 3. The number of carboxylic acid groups (broad SMARTS) is 1. The Kier molecular flexibility index (Phi) is 6.98. The van der Waals surface area contributed by atoms with Crippen molar-refractivity contribution in [3.05, 3.63) is 99.6 Å². The van der Waals surface area contributed by atoms with Gasteiger partial charge in [-0.05, 0) is 53.6 Å². The summed E-state index contributed by atoms with van der Waals surface area (Å²) in [6.07, 6.45) is 0. The van der Waals surface area contributed by atoms with Gasteiger partial charge in [-0.2, -0.15) is 0 Å². The van der Waals surface area contributed by atoms with Crippen LogP contribution in [0.15, 0.2) is 72.3 Å². The van der Waals surface area contributed by atoms with Gasteiger partial charge in [0.25, 0.3) is 11.7 Å². The molecule has 0 aliphatic carbocycles. The molecule has 1 atom stereocenters. The highest BCUT2D eigenvalue weighted by molar-refractivity contribution is 6.46. The number of aromatic carboxylic acids is 1. The molecule has 3 aromatic rings. The van der Waals surface area contributed by atoms with Crippen molar-refractivity contribution in [2.24, 2.45) is 0 Å². The van der Waals surface area contributed by atoms with Gasteiger partial charge in [0.1, 0.15) is 17.3 Å². The zero-order valence-corrected chi connectivity index (χ0v) is 20.2. The number of ether oxygens (including phenoxy) is 2. The summed E-state index contributed by atoms with van der Waals surface area (Å²) in [6, 6.07) is 16.5. The Morgan fingerprint density at radius 1 is 0.917 bits per heavy atom. The first kappa shape index (κ1) is 24.8. The highest BCUT2D eigenvalue weighted by atomic mass is 35.5. The Hall–Kier alpha value is -4.30. The van der Waals surface area contributed by atoms with Gasteiger partial charge in [-0.3, -0.25) is 9.59 Å². The Morgan fingerprint density at radius 3 is 2.14 bits per heavy atom. The normalized spacial score (nSPS) is 16.8. The molecular formula is C27H22ClNO7. The number of benzene rings is 3. The monoisotopic (exact) mass is 507 g/mol. The molecule has 8 nitrogen and oxygen atoms in total. The Bertz CT molecular complexity index is 1360. The Labute approximate surface area is 211 Å². The van der Waals surface area contributed by atoms with Gasteiger partial charge in [0.2, 0.25) is 0 Å². The van der Waals surface area contributed by atoms with Gasteiger partial charge in [-0.1, -0.05) is 35.9 Å². The lowest BCUT2D eigenvalue weighted by Crippen LogP contribution is -2.29. The minimum absolute atomic E-state index is 0.0158. The van der Waals surface area contributed by atoms with Crippen molar-refractivity contribution in [1.29, 1.82) is 0 Å². The fourth-order valence-corrected chi connectivity index (χ4v) is 4.28. The molecule has 2 N–H and O–H groups in total. The van der Waals surface area contributed by atoms with E-state index in [0.29, 0.717) is 27.6 Å². The number of hydrogen-bond donors (Lipinski definition) is 2. The van der Waals surface area contributed by atoms with Crippen LogP contribution in [0, 0.1) is 0 Å². The fraction of sp³-hybridized carbons (Fsp3) is 0.148. The Morgan fingerprint density at radius 2 is 1.56 bits per heavy atom. The predicted octanol–water partition coefficient (Wildman–Crippen LogP) is 4.68. The standard InChI is InChI=1S/C27H22ClNO7/c1-35-19-10-7-16(8-11-19)23-22(24(30)18-9-12-20(28)21(13-18)36-2)25(31)26(32)29(23)14-15-3-5-17(6-4-15)27(33)34/h3-13,23,30H,14H2,1-2H3,(H,33,34)/b24-22-. The number of hydrogen-bond acceptors (Lipinski definition) is 6. The lowest BCUT2D eigenvalue weighted by Gasteiger charge is -2.25. The molecular weight excluding hydrogens is 486 g/mol. The van der Waals surface area contributed by atoms with Crippen LogP contribution in [0.25, 0.3) is 5.76 Å². The third-order valence-corrected chi connectivity index (χ3v) is 6.26. The molecule has 36 heavy (non-hydrogen) atoms. The maximum atomic E-state index is 13.2. The second kappa shape index (κ2) is 10.1. The van der Waals surface area contributed by atoms with Crippen molar-refractivity contribution in [3.8, 4) is 11.5 Å². The summed E-state index contributed by atoms with van der Waals surface area (Å²) >= 11 is 6.11. The van der Waals surface area contributed by atoms with Gasteiger partial charge in [0.15, 0.2) is 0 Å². The van der Waals surface area contributed by atoms with E-state index in [4.69, 9.17) is 26.2 Å². The number of halogens is 1. The first-order valence-electron chi connectivity index (χ1n) is 10.8. The van der Waals surface area contributed by atoms with E-state index < -0.39 is 23.7 Å². The van der Waals surface area contributed by atoms with Crippen molar-refractivity contribution in [2.75, 3.05) is 14.2 Å². The number of carboxylic acids is 1. The van der Waals surface area contributed by atoms with Crippen LogP contribution in [0.2, 0.25) is 5.02 Å². The van der Waals surface area contributed by atoms with Gasteiger partial charge < -0.3 is 24.6 Å². The van der Waals surface area contributed by atoms with Crippen LogP contribution < -0.4 is 9.47 Å². The number of aliphatic hydroxyl groups excluding tert-OH is 1. The topological polar surface area (TPSA) is 113 Å². The lowest BCUT2D eigenvalue weighted by atomic mass is 9.95. The summed E-state index contributed by atoms with van der Waals surface area (Å²) in [4.78, 5) is 38.9. The number of Topliss-reactive ketones (excluding diaryl/α,β-unsaturated/α-hetero) is 1. The number of amides is 1. The summed E-state index contributed by atoms with van der Waals surface area (Å²) in [5.41, 5.74) is 1.48. The molecule has 1 aliphatic rings. The average Bonchev–Trinajstić information content (AvgIpc) is 3.13. The van der Waals surface area contributed by atoms with E-state index in [-0.39, 0.29) is 29.0 Å². The molecule has 1 unspecified atom stereocenters. The summed E-state index contributed by atoms with van der Waals surface area (Å²) in [5.74, 6) is -2.19. The molecule has 1 aliphatic heterocycles. The number of rotatable bonds is 7. The quantitative estimate of drug-likeness (QED) is 0.271. The largest absolute Gasteiger partial charge is 0.507 e. The summed E-state index contributed by atoms with van der Waals surface area (Å²) in [7, 11) is 2.95. The van der Waals surface area contributed by atoms with Crippen LogP contribution in [-0.4, -0.2) is 47.0 Å². The molecule has 3 aromatic carbocycles. The zero-order valence-electron chi connectivity index (χ0n) is 19.4. The summed E-state index contributed by atoms with van der Waals surface area (Å²) in [5, 5.41) is 20.7. The van der Waals surface area contributed by atoms with Crippen molar-refractivity contribution in [2.45, 2.75) is 12.6 Å². The number of likely N-dealkylation sites (tertiary alicyclic amines) is 1. The van der Waals surface area contributed by atoms with E-state index in [2.05, 4.69) is 0 Å². The number of ketones is 1. The van der Waals surface area contributed by atoms with Crippen molar-refractivity contribution < 1.29 is 34.1 Å². The number of methoxy groups -OCH3 is 2. The van der Waals surface area contributed by atoms with Crippen LogP contribution >= 0.6 is 11.6 Å². The van der Waals surface area contributed by atoms with Gasteiger partial charge >= 0.3 is 5.97 Å². The first-order chi connectivity index (χ1) is 17.2. The van der Waals surface area contributed by atoms with E-state index in [9.17, 15) is 19.5 Å².